The molecule has 16 heavy (non-hydrogen) atoms. The smallest absolute Gasteiger partial charge is 0.303 e. The van der Waals surface area contributed by atoms with Crippen LogP contribution in [0.3, 0.4) is 0 Å². The quantitative estimate of drug-likeness (QED) is 0.852. The Morgan fingerprint density at radius 2 is 2.19 bits per heavy atom. The summed E-state index contributed by atoms with van der Waals surface area (Å²) < 4.78 is 0. The maximum atomic E-state index is 10.7. The van der Waals surface area contributed by atoms with Gasteiger partial charge in [0.2, 0.25) is 0 Å². The van der Waals surface area contributed by atoms with E-state index in [-0.39, 0.29) is 5.41 Å². The number of carbonyl (C=O) groups is 1. The standard InChI is InChI=1S/C13H15ClO2/c14-11-3-1-2-10(8-11)4-5-13(6-7-13)9-12(15)16/h1-3,8H,4-7,9H2,(H,15,16). The molecule has 0 spiro atoms. The number of hydrogen-bond acceptors (Lipinski definition) is 1. The van der Waals surface area contributed by atoms with E-state index in [0.29, 0.717) is 6.42 Å². The van der Waals surface area contributed by atoms with Crippen LogP contribution in [0.15, 0.2) is 24.3 Å². The molecule has 0 radical (unpaired) electrons. The molecule has 0 heterocycles. The average molecular weight is 239 g/mol. The number of benzene rings is 1. The van der Waals surface area contributed by atoms with E-state index in [1.807, 2.05) is 24.3 Å². The predicted octanol–water partition coefficient (Wildman–Crippen LogP) is 3.53. The number of hydrogen-bond donors (Lipinski definition) is 1. The van der Waals surface area contributed by atoms with Crippen LogP contribution in [-0.4, -0.2) is 11.1 Å². The minimum atomic E-state index is -0.677. The van der Waals surface area contributed by atoms with Crippen molar-refractivity contribution in [3.8, 4) is 0 Å². The van der Waals surface area contributed by atoms with E-state index >= 15 is 0 Å². The fraction of sp³-hybridized carbons (Fsp3) is 0.462. The van der Waals surface area contributed by atoms with Gasteiger partial charge in [0.05, 0.1) is 6.42 Å². The first-order valence-corrected chi connectivity index (χ1v) is 5.94. The molecule has 0 amide bonds. The van der Waals surface area contributed by atoms with Crippen LogP contribution in [0.5, 0.6) is 0 Å². The van der Waals surface area contributed by atoms with Gasteiger partial charge in [-0.05, 0) is 48.8 Å². The molecule has 1 N–H and O–H groups in total. The van der Waals surface area contributed by atoms with Gasteiger partial charge in [-0.15, -0.1) is 0 Å². The minimum absolute atomic E-state index is 0.0775. The van der Waals surface area contributed by atoms with Crippen molar-refractivity contribution in [3.05, 3.63) is 34.9 Å². The van der Waals surface area contributed by atoms with Gasteiger partial charge in [-0.25, -0.2) is 0 Å². The van der Waals surface area contributed by atoms with Gasteiger partial charge in [0.15, 0.2) is 0 Å². The van der Waals surface area contributed by atoms with E-state index < -0.39 is 5.97 Å². The first kappa shape index (κ1) is 11.5. The number of carboxylic acids is 1. The molecular weight excluding hydrogens is 224 g/mol. The lowest BCUT2D eigenvalue weighted by Crippen LogP contribution is -2.09. The molecule has 86 valence electrons. The Morgan fingerprint density at radius 1 is 1.44 bits per heavy atom. The molecule has 2 rings (SSSR count). The number of halogens is 1. The maximum Gasteiger partial charge on any atom is 0.303 e. The third kappa shape index (κ3) is 2.99. The van der Waals surface area contributed by atoms with Gasteiger partial charge < -0.3 is 5.11 Å². The van der Waals surface area contributed by atoms with Crippen LogP contribution in [0.2, 0.25) is 5.02 Å². The zero-order chi connectivity index (χ0) is 11.6. The third-order valence-electron chi connectivity index (χ3n) is 3.32. The van der Waals surface area contributed by atoms with Crippen LogP contribution in [0, 0.1) is 5.41 Å². The van der Waals surface area contributed by atoms with Gasteiger partial charge in [0, 0.05) is 5.02 Å². The van der Waals surface area contributed by atoms with Crippen LogP contribution in [0.4, 0.5) is 0 Å². The summed E-state index contributed by atoms with van der Waals surface area (Å²) in [4.78, 5) is 10.7. The minimum Gasteiger partial charge on any atom is -0.481 e. The van der Waals surface area contributed by atoms with Crippen molar-refractivity contribution in [2.75, 3.05) is 0 Å². The molecule has 0 unspecified atom stereocenters. The Bertz CT molecular complexity index is 397. The van der Waals surface area contributed by atoms with E-state index in [0.717, 1.165) is 30.7 Å². The van der Waals surface area contributed by atoms with Crippen LogP contribution >= 0.6 is 11.6 Å². The number of carboxylic acid groups (broad SMARTS) is 1. The highest BCUT2D eigenvalue weighted by molar-refractivity contribution is 6.30. The first-order chi connectivity index (χ1) is 7.60. The Morgan fingerprint density at radius 3 is 2.75 bits per heavy atom. The summed E-state index contributed by atoms with van der Waals surface area (Å²) in [5.74, 6) is -0.677. The topological polar surface area (TPSA) is 37.3 Å². The van der Waals surface area contributed by atoms with E-state index in [4.69, 9.17) is 16.7 Å². The molecule has 0 aromatic heterocycles. The number of aliphatic carboxylic acids is 1. The van der Waals surface area contributed by atoms with Crippen LogP contribution < -0.4 is 0 Å². The lowest BCUT2D eigenvalue weighted by Gasteiger charge is -2.12. The Balaban J connectivity index is 1.90. The van der Waals surface area contributed by atoms with E-state index in [1.165, 1.54) is 5.56 Å². The second kappa shape index (κ2) is 4.46. The van der Waals surface area contributed by atoms with Crippen LogP contribution in [0.25, 0.3) is 0 Å². The van der Waals surface area contributed by atoms with E-state index in [2.05, 4.69) is 0 Å². The summed E-state index contributed by atoms with van der Waals surface area (Å²) >= 11 is 5.90. The van der Waals surface area contributed by atoms with Gasteiger partial charge in [-0.2, -0.15) is 0 Å². The van der Waals surface area contributed by atoms with Gasteiger partial charge in [-0.1, -0.05) is 23.7 Å². The second-order valence-electron chi connectivity index (χ2n) is 4.70. The normalized spacial score (nSPS) is 17.1. The highest BCUT2D eigenvalue weighted by Crippen LogP contribution is 2.52. The molecule has 1 aliphatic rings. The third-order valence-corrected chi connectivity index (χ3v) is 3.55. The largest absolute Gasteiger partial charge is 0.481 e. The summed E-state index contributed by atoms with van der Waals surface area (Å²) in [5, 5.41) is 9.56. The predicted molar refractivity (Wildman–Crippen MR) is 63.7 cm³/mol. The molecule has 0 saturated heterocycles. The molecule has 1 aromatic carbocycles. The molecule has 0 bridgehead atoms. The molecule has 0 aliphatic heterocycles. The van der Waals surface area contributed by atoms with Crippen molar-refractivity contribution >= 4 is 17.6 Å². The lowest BCUT2D eigenvalue weighted by atomic mass is 9.94. The number of aryl methyl sites for hydroxylation is 1. The molecule has 1 aliphatic carbocycles. The Kier molecular flexibility index (Phi) is 3.20. The van der Waals surface area contributed by atoms with Gasteiger partial charge in [0.25, 0.3) is 0 Å². The zero-order valence-electron chi connectivity index (χ0n) is 9.08. The van der Waals surface area contributed by atoms with Crippen molar-refractivity contribution < 1.29 is 9.90 Å². The molecule has 2 nitrogen and oxygen atoms in total. The summed E-state index contributed by atoms with van der Waals surface area (Å²) in [6.45, 7) is 0. The molecule has 1 saturated carbocycles. The second-order valence-corrected chi connectivity index (χ2v) is 5.14. The van der Waals surface area contributed by atoms with Crippen molar-refractivity contribution in [2.45, 2.75) is 32.1 Å². The van der Waals surface area contributed by atoms with E-state index in [1.54, 1.807) is 0 Å². The summed E-state index contributed by atoms with van der Waals surface area (Å²) in [6.07, 6.45) is 4.31. The van der Waals surface area contributed by atoms with Crippen LogP contribution in [-0.2, 0) is 11.2 Å². The molecule has 1 aromatic rings. The molecule has 0 atom stereocenters. The van der Waals surface area contributed by atoms with Gasteiger partial charge in [-0.3, -0.25) is 4.79 Å². The van der Waals surface area contributed by atoms with E-state index in [9.17, 15) is 4.79 Å². The Hall–Kier alpha value is -1.02. The van der Waals surface area contributed by atoms with Crippen molar-refractivity contribution in [1.82, 2.24) is 0 Å². The van der Waals surface area contributed by atoms with Crippen molar-refractivity contribution in [1.29, 1.82) is 0 Å². The fourth-order valence-corrected chi connectivity index (χ4v) is 2.33. The van der Waals surface area contributed by atoms with Crippen LogP contribution in [0.1, 0.15) is 31.2 Å². The average Bonchev–Trinajstić information content (AvgIpc) is 2.95. The first-order valence-electron chi connectivity index (χ1n) is 5.56. The van der Waals surface area contributed by atoms with Crippen molar-refractivity contribution in [2.24, 2.45) is 5.41 Å². The monoisotopic (exact) mass is 238 g/mol. The SMILES string of the molecule is O=C(O)CC1(CCc2cccc(Cl)c2)CC1. The highest BCUT2D eigenvalue weighted by atomic mass is 35.5. The summed E-state index contributed by atoms with van der Waals surface area (Å²) in [7, 11) is 0. The van der Waals surface area contributed by atoms with Gasteiger partial charge in [0.1, 0.15) is 0 Å². The lowest BCUT2D eigenvalue weighted by molar-refractivity contribution is -0.138. The molecule has 1 fully saturated rings. The van der Waals surface area contributed by atoms with Gasteiger partial charge >= 0.3 is 5.97 Å². The summed E-state index contributed by atoms with van der Waals surface area (Å²) in [6, 6.07) is 7.80. The zero-order valence-corrected chi connectivity index (χ0v) is 9.83. The molecular formula is C13H15ClO2. The highest BCUT2D eigenvalue weighted by Gasteiger charge is 2.43. The molecule has 3 heteroatoms. The summed E-state index contributed by atoms with van der Waals surface area (Å²) in [5.41, 5.74) is 1.28. The Labute approximate surface area is 100 Å². The fourth-order valence-electron chi connectivity index (χ4n) is 2.11. The number of rotatable bonds is 5. The maximum absolute atomic E-state index is 10.7. The van der Waals surface area contributed by atoms with Crippen molar-refractivity contribution in [3.63, 3.8) is 0 Å².